The number of hydrogen-bond acceptors (Lipinski definition) is 1. The molecule has 3 heteroatoms. The predicted octanol–water partition coefficient (Wildman–Crippen LogP) is 5.31. The van der Waals surface area contributed by atoms with E-state index in [0.717, 1.165) is 23.1 Å². The number of methoxy groups -OCH3 is 1. The van der Waals surface area contributed by atoms with Crippen LogP contribution in [-0.2, 0) is 12.8 Å². The fraction of sp³-hybridized carbons (Fsp3) is 0.294. The van der Waals surface area contributed by atoms with E-state index in [2.05, 4.69) is 68.3 Å². The minimum absolute atomic E-state index is 0.441. The summed E-state index contributed by atoms with van der Waals surface area (Å²) in [6, 6.07) is 14.9. The lowest BCUT2D eigenvalue weighted by molar-refractivity contribution is 0.413. The maximum absolute atomic E-state index is 5.33. The molecule has 0 N–H and O–H groups in total. The van der Waals surface area contributed by atoms with Gasteiger partial charge in [0.25, 0.3) is 0 Å². The fourth-order valence-corrected chi connectivity index (χ4v) is 4.15. The van der Waals surface area contributed by atoms with E-state index >= 15 is 0 Å². The van der Waals surface area contributed by atoms with E-state index < -0.39 is 0 Å². The molecule has 104 valence electrons. The fourth-order valence-electron chi connectivity index (χ4n) is 2.92. The third-order valence-corrected chi connectivity index (χ3v) is 6.00. The normalized spacial score (nSPS) is 20.8. The molecule has 0 aromatic heterocycles. The lowest BCUT2D eigenvalue weighted by Crippen LogP contribution is -2.07. The van der Waals surface area contributed by atoms with Crippen LogP contribution in [0.4, 0.5) is 0 Å². The van der Waals surface area contributed by atoms with Crippen molar-refractivity contribution in [1.29, 1.82) is 0 Å². The molecule has 0 saturated heterocycles. The molecule has 0 aliphatic heterocycles. The Hall–Kier alpha value is -0.800. The van der Waals surface area contributed by atoms with Gasteiger partial charge in [0.05, 0.1) is 7.11 Å². The molecule has 1 aliphatic carbocycles. The van der Waals surface area contributed by atoms with Crippen molar-refractivity contribution < 1.29 is 4.74 Å². The van der Waals surface area contributed by atoms with Crippen molar-refractivity contribution >= 4 is 31.9 Å². The highest BCUT2D eigenvalue weighted by atomic mass is 79.9. The Morgan fingerprint density at radius 2 is 2.00 bits per heavy atom. The largest absolute Gasteiger partial charge is 0.497 e. The first-order valence-electron chi connectivity index (χ1n) is 6.73. The van der Waals surface area contributed by atoms with E-state index in [4.69, 9.17) is 4.74 Å². The maximum atomic E-state index is 5.33. The third-order valence-electron chi connectivity index (χ3n) is 3.98. The molecule has 2 atom stereocenters. The van der Waals surface area contributed by atoms with Crippen LogP contribution in [0.15, 0.2) is 46.9 Å². The average molecular weight is 396 g/mol. The Morgan fingerprint density at radius 1 is 1.20 bits per heavy atom. The zero-order chi connectivity index (χ0) is 14.1. The lowest BCUT2D eigenvalue weighted by Gasteiger charge is -2.16. The summed E-state index contributed by atoms with van der Waals surface area (Å²) < 4.78 is 6.49. The molecular weight excluding hydrogens is 380 g/mol. The zero-order valence-corrected chi connectivity index (χ0v) is 14.4. The van der Waals surface area contributed by atoms with Crippen LogP contribution in [0.2, 0.25) is 0 Å². The van der Waals surface area contributed by atoms with Gasteiger partial charge >= 0.3 is 0 Å². The van der Waals surface area contributed by atoms with Crippen molar-refractivity contribution in [2.45, 2.75) is 17.7 Å². The number of hydrogen-bond donors (Lipinski definition) is 0. The number of benzene rings is 2. The molecule has 1 aliphatic rings. The van der Waals surface area contributed by atoms with Crippen molar-refractivity contribution in [3.63, 3.8) is 0 Å². The van der Waals surface area contributed by atoms with Gasteiger partial charge in [-0.2, -0.15) is 0 Å². The number of halogens is 2. The predicted molar refractivity (Wildman–Crippen MR) is 89.7 cm³/mol. The second-order valence-electron chi connectivity index (χ2n) is 5.23. The summed E-state index contributed by atoms with van der Waals surface area (Å²) in [4.78, 5) is 0.441. The van der Waals surface area contributed by atoms with Gasteiger partial charge < -0.3 is 4.74 Å². The first-order valence-corrected chi connectivity index (χ1v) is 8.44. The Labute approximate surface area is 136 Å². The van der Waals surface area contributed by atoms with Crippen LogP contribution in [0.3, 0.4) is 0 Å². The van der Waals surface area contributed by atoms with Crippen LogP contribution in [0.1, 0.15) is 21.5 Å². The van der Waals surface area contributed by atoms with Gasteiger partial charge in [-0.25, -0.2) is 0 Å². The second-order valence-corrected chi connectivity index (χ2v) is 7.07. The zero-order valence-electron chi connectivity index (χ0n) is 11.3. The van der Waals surface area contributed by atoms with Gasteiger partial charge in [-0.3, -0.25) is 0 Å². The van der Waals surface area contributed by atoms with E-state index in [0.29, 0.717) is 10.7 Å². The first kappa shape index (κ1) is 14.2. The molecule has 2 aromatic carbocycles. The lowest BCUT2D eigenvalue weighted by atomic mass is 9.96. The molecule has 0 heterocycles. The molecule has 1 nitrogen and oxygen atoms in total. The Morgan fingerprint density at radius 3 is 2.75 bits per heavy atom. The smallest absolute Gasteiger partial charge is 0.119 e. The number of rotatable bonds is 3. The summed E-state index contributed by atoms with van der Waals surface area (Å²) in [5, 5.41) is 0. The Kier molecular flexibility index (Phi) is 4.18. The van der Waals surface area contributed by atoms with Crippen molar-refractivity contribution in [2.75, 3.05) is 7.11 Å². The summed E-state index contributed by atoms with van der Waals surface area (Å²) in [5.41, 5.74) is 4.22. The average Bonchev–Trinajstić information content (AvgIpc) is 2.78. The minimum atomic E-state index is 0.441. The van der Waals surface area contributed by atoms with Gasteiger partial charge in [-0.15, -0.1) is 0 Å². The molecule has 20 heavy (non-hydrogen) atoms. The number of ether oxygens (including phenoxy) is 1. The van der Waals surface area contributed by atoms with E-state index in [1.54, 1.807) is 7.11 Å². The monoisotopic (exact) mass is 394 g/mol. The van der Waals surface area contributed by atoms with Crippen LogP contribution >= 0.6 is 31.9 Å². The first-order chi connectivity index (χ1) is 9.69. The van der Waals surface area contributed by atoms with Gasteiger partial charge in [-0.05, 0) is 53.6 Å². The molecule has 0 amide bonds. The molecule has 2 unspecified atom stereocenters. The highest BCUT2D eigenvalue weighted by molar-refractivity contribution is 9.10. The van der Waals surface area contributed by atoms with E-state index in [9.17, 15) is 0 Å². The van der Waals surface area contributed by atoms with E-state index in [1.807, 2.05) is 6.07 Å². The molecule has 0 bridgehead atoms. The topological polar surface area (TPSA) is 9.23 Å². The van der Waals surface area contributed by atoms with Gasteiger partial charge in [0.15, 0.2) is 0 Å². The quantitative estimate of drug-likeness (QED) is 0.640. The molecule has 0 radical (unpaired) electrons. The SMILES string of the molecule is COc1ccc(Br)c(CC2Cc3ccccc3C2Br)c1. The summed E-state index contributed by atoms with van der Waals surface area (Å²) >= 11 is 7.53. The van der Waals surface area contributed by atoms with Crippen LogP contribution in [0, 0.1) is 5.92 Å². The van der Waals surface area contributed by atoms with Crippen LogP contribution in [-0.4, -0.2) is 7.11 Å². The molecule has 0 fully saturated rings. The molecular formula is C17H16Br2O. The second kappa shape index (κ2) is 5.90. The van der Waals surface area contributed by atoms with Gasteiger partial charge in [0.1, 0.15) is 5.75 Å². The van der Waals surface area contributed by atoms with Crippen molar-refractivity contribution in [3.8, 4) is 5.75 Å². The summed E-state index contributed by atoms with van der Waals surface area (Å²) in [6.45, 7) is 0. The summed E-state index contributed by atoms with van der Waals surface area (Å²) in [7, 11) is 1.71. The molecule has 3 rings (SSSR count). The van der Waals surface area contributed by atoms with Crippen LogP contribution in [0.5, 0.6) is 5.75 Å². The standard InChI is InChI=1S/C17H16Br2O/c1-20-14-6-7-16(18)12(10-14)9-13-8-11-4-2-3-5-15(11)17(13)19/h2-7,10,13,17H,8-9H2,1H3. The summed E-state index contributed by atoms with van der Waals surface area (Å²) in [5.74, 6) is 1.51. The Bertz CT molecular complexity index is 624. The van der Waals surface area contributed by atoms with E-state index in [1.165, 1.54) is 16.7 Å². The van der Waals surface area contributed by atoms with Crippen molar-refractivity contribution in [2.24, 2.45) is 5.92 Å². The molecule has 0 saturated carbocycles. The highest BCUT2D eigenvalue weighted by Crippen LogP contribution is 2.44. The molecule has 0 spiro atoms. The van der Waals surface area contributed by atoms with Crippen molar-refractivity contribution in [1.82, 2.24) is 0 Å². The van der Waals surface area contributed by atoms with Gasteiger partial charge in [0.2, 0.25) is 0 Å². The third kappa shape index (κ3) is 2.66. The number of alkyl halides is 1. The van der Waals surface area contributed by atoms with Crippen LogP contribution < -0.4 is 4.74 Å². The minimum Gasteiger partial charge on any atom is -0.497 e. The van der Waals surface area contributed by atoms with Crippen molar-refractivity contribution in [3.05, 3.63) is 63.6 Å². The molecule has 2 aromatic rings. The summed E-state index contributed by atoms with van der Waals surface area (Å²) in [6.07, 6.45) is 2.18. The Balaban J connectivity index is 1.83. The van der Waals surface area contributed by atoms with Gasteiger partial charge in [-0.1, -0.05) is 56.1 Å². The maximum Gasteiger partial charge on any atom is 0.119 e. The van der Waals surface area contributed by atoms with Crippen LogP contribution in [0.25, 0.3) is 0 Å². The van der Waals surface area contributed by atoms with E-state index in [-0.39, 0.29) is 0 Å². The van der Waals surface area contributed by atoms with Gasteiger partial charge in [0, 0.05) is 9.30 Å². The number of fused-ring (bicyclic) bond motifs is 1. The highest BCUT2D eigenvalue weighted by Gasteiger charge is 2.30.